The number of rotatable bonds is 4. The second-order valence-corrected chi connectivity index (χ2v) is 4.72. The predicted molar refractivity (Wildman–Crippen MR) is 74.5 cm³/mol. The molecule has 102 valence electrons. The van der Waals surface area contributed by atoms with Gasteiger partial charge in [-0.25, -0.2) is 0 Å². The van der Waals surface area contributed by atoms with E-state index in [2.05, 4.69) is 5.32 Å². The molecule has 0 unspecified atom stereocenters. The maximum Gasteiger partial charge on any atom is 0.198 e. The quantitative estimate of drug-likeness (QED) is 0.919. The fraction of sp³-hybridized carbons (Fsp3) is 0.357. The fourth-order valence-corrected chi connectivity index (χ4v) is 2.14. The van der Waals surface area contributed by atoms with Crippen molar-refractivity contribution < 1.29 is 14.3 Å². The summed E-state index contributed by atoms with van der Waals surface area (Å²) < 4.78 is 10.8. The Morgan fingerprint density at radius 3 is 2.95 bits per heavy atom. The lowest BCUT2D eigenvalue weighted by atomic mass is 10.1. The van der Waals surface area contributed by atoms with Crippen molar-refractivity contribution >= 4 is 23.1 Å². The Morgan fingerprint density at radius 1 is 1.47 bits per heavy atom. The van der Waals surface area contributed by atoms with Gasteiger partial charge in [0.15, 0.2) is 11.7 Å². The van der Waals surface area contributed by atoms with Gasteiger partial charge in [-0.15, -0.1) is 0 Å². The van der Waals surface area contributed by atoms with E-state index in [1.54, 1.807) is 32.2 Å². The minimum atomic E-state index is 0.0168. The van der Waals surface area contributed by atoms with Gasteiger partial charge in [0.1, 0.15) is 5.75 Å². The Hall–Kier alpha value is -1.68. The Balaban J connectivity index is 2.33. The largest absolute Gasteiger partial charge is 0.495 e. The highest BCUT2D eigenvalue weighted by Gasteiger charge is 2.19. The van der Waals surface area contributed by atoms with Crippen molar-refractivity contribution in [2.24, 2.45) is 0 Å². The third-order valence-corrected chi connectivity index (χ3v) is 3.16. The third-order valence-electron chi connectivity index (χ3n) is 2.93. The van der Waals surface area contributed by atoms with E-state index < -0.39 is 0 Å². The smallest absolute Gasteiger partial charge is 0.198 e. The minimum Gasteiger partial charge on any atom is -0.495 e. The molecule has 0 aliphatic carbocycles. The van der Waals surface area contributed by atoms with E-state index in [-0.39, 0.29) is 5.78 Å². The number of halogens is 1. The van der Waals surface area contributed by atoms with Gasteiger partial charge in [0, 0.05) is 5.02 Å². The molecule has 0 atom stereocenters. The normalized spacial score (nSPS) is 14.9. The van der Waals surface area contributed by atoms with Gasteiger partial charge in [-0.3, -0.25) is 4.79 Å². The predicted octanol–water partition coefficient (Wildman–Crippen LogP) is 3.37. The monoisotopic (exact) mass is 281 g/mol. The zero-order valence-electron chi connectivity index (χ0n) is 11.0. The Kier molecular flexibility index (Phi) is 4.32. The van der Waals surface area contributed by atoms with E-state index in [9.17, 15) is 4.79 Å². The standard InChI is InChI=1S/C14H16ClNO3/c1-9(17)11-4-3-7-19-14(11)16-12-8-10(15)5-6-13(12)18-2/h5-6,8,16H,3-4,7H2,1-2H3. The van der Waals surface area contributed by atoms with Crippen LogP contribution in [-0.4, -0.2) is 19.5 Å². The number of hydrogen-bond acceptors (Lipinski definition) is 4. The first-order valence-corrected chi connectivity index (χ1v) is 6.47. The van der Waals surface area contributed by atoms with Crippen LogP contribution in [0.15, 0.2) is 29.7 Å². The minimum absolute atomic E-state index is 0.0168. The van der Waals surface area contributed by atoms with E-state index in [4.69, 9.17) is 21.1 Å². The molecule has 0 saturated carbocycles. The molecular weight excluding hydrogens is 266 g/mol. The summed E-state index contributed by atoms with van der Waals surface area (Å²) in [5.74, 6) is 1.16. The van der Waals surface area contributed by atoms with Crippen molar-refractivity contribution in [2.75, 3.05) is 19.0 Å². The number of benzene rings is 1. The Morgan fingerprint density at radius 2 is 2.26 bits per heavy atom. The number of ether oxygens (including phenoxy) is 2. The highest BCUT2D eigenvalue weighted by atomic mass is 35.5. The van der Waals surface area contributed by atoms with Crippen LogP contribution in [-0.2, 0) is 9.53 Å². The molecule has 0 fully saturated rings. The molecule has 0 radical (unpaired) electrons. The summed E-state index contributed by atoms with van der Waals surface area (Å²) >= 11 is 5.97. The second kappa shape index (κ2) is 5.97. The molecule has 19 heavy (non-hydrogen) atoms. The van der Waals surface area contributed by atoms with Gasteiger partial charge in [-0.05, 0) is 38.0 Å². The topological polar surface area (TPSA) is 47.6 Å². The third kappa shape index (κ3) is 3.20. The van der Waals surface area contributed by atoms with Crippen molar-refractivity contribution in [3.63, 3.8) is 0 Å². The van der Waals surface area contributed by atoms with Crippen LogP contribution in [0.4, 0.5) is 5.69 Å². The van der Waals surface area contributed by atoms with Gasteiger partial charge < -0.3 is 14.8 Å². The van der Waals surface area contributed by atoms with Gasteiger partial charge in [0.2, 0.25) is 0 Å². The molecule has 1 aliphatic heterocycles. The Labute approximate surface area is 117 Å². The summed E-state index contributed by atoms with van der Waals surface area (Å²) in [6, 6.07) is 5.25. The molecule has 0 spiro atoms. The van der Waals surface area contributed by atoms with Crippen molar-refractivity contribution in [3.05, 3.63) is 34.7 Å². The molecule has 0 amide bonds. The highest BCUT2D eigenvalue weighted by molar-refractivity contribution is 6.30. The summed E-state index contributed by atoms with van der Waals surface area (Å²) in [5.41, 5.74) is 1.36. The average Bonchev–Trinajstić information content (AvgIpc) is 2.39. The lowest BCUT2D eigenvalue weighted by Crippen LogP contribution is -2.17. The molecule has 1 heterocycles. The Bertz CT molecular complexity index is 525. The molecule has 0 aromatic heterocycles. The molecule has 1 aliphatic rings. The molecule has 5 heteroatoms. The van der Waals surface area contributed by atoms with E-state index >= 15 is 0 Å². The molecule has 1 N–H and O–H groups in total. The number of hydrogen-bond donors (Lipinski definition) is 1. The highest BCUT2D eigenvalue weighted by Crippen LogP contribution is 2.31. The summed E-state index contributed by atoms with van der Waals surface area (Å²) in [6.45, 7) is 2.14. The van der Waals surface area contributed by atoms with E-state index in [1.807, 2.05) is 0 Å². The van der Waals surface area contributed by atoms with Crippen molar-refractivity contribution in [2.45, 2.75) is 19.8 Å². The van der Waals surface area contributed by atoms with Crippen LogP contribution in [0, 0.1) is 0 Å². The first-order valence-electron chi connectivity index (χ1n) is 6.09. The van der Waals surface area contributed by atoms with Gasteiger partial charge in [0.25, 0.3) is 0 Å². The summed E-state index contributed by atoms with van der Waals surface area (Å²) in [5, 5.41) is 3.69. The molecule has 4 nitrogen and oxygen atoms in total. The number of Topliss-reactive ketones (excluding diaryl/α,β-unsaturated/α-hetero) is 1. The zero-order chi connectivity index (χ0) is 13.8. The summed E-state index contributed by atoms with van der Waals surface area (Å²) in [7, 11) is 1.58. The molecule has 1 aromatic carbocycles. The number of nitrogens with one attached hydrogen (secondary N) is 1. The number of carbonyl (C=O) groups is 1. The van der Waals surface area contributed by atoms with Crippen molar-refractivity contribution in [1.29, 1.82) is 0 Å². The maximum absolute atomic E-state index is 11.6. The number of allylic oxidation sites excluding steroid dienone is 1. The van der Waals surface area contributed by atoms with Gasteiger partial charge >= 0.3 is 0 Å². The number of methoxy groups -OCH3 is 1. The lowest BCUT2D eigenvalue weighted by molar-refractivity contribution is -0.114. The SMILES string of the molecule is COc1ccc(Cl)cc1NC1=C(C(C)=O)CCCO1. The van der Waals surface area contributed by atoms with Crippen molar-refractivity contribution in [1.82, 2.24) is 0 Å². The van der Waals surface area contributed by atoms with Gasteiger partial charge in [-0.1, -0.05) is 11.6 Å². The first kappa shape index (κ1) is 13.7. The molecular formula is C14H16ClNO3. The van der Waals surface area contributed by atoms with E-state index in [1.165, 1.54) is 0 Å². The lowest BCUT2D eigenvalue weighted by Gasteiger charge is -2.22. The van der Waals surface area contributed by atoms with E-state index in [0.717, 1.165) is 12.8 Å². The number of carbonyl (C=O) groups excluding carboxylic acids is 1. The summed E-state index contributed by atoms with van der Waals surface area (Å²) in [4.78, 5) is 11.6. The van der Waals surface area contributed by atoms with Crippen LogP contribution in [0.3, 0.4) is 0 Å². The zero-order valence-corrected chi connectivity index (χ0v) is 11.7. The van der Waals surface area contributed by atoms with Crippen LogP contribution >= 0.6 is 11.6 Å². The molecule has 0 bridgehead atoms. The molecule has 0 saturated heterocycles. The summed E-state index contributed by atoms with van der Waals surface area (Å²) in [6.07, 6.45) is 1.58. The second-order valence-electron chi connectivity index (χ2n) is 4.29. The van der Waals surface area contributed by atoms with E-state index in [0.29, 0.717) is 34.5 Å². The molecule has 2 rings (SSSR count). The van der Waals surface area contributed by atoms with Crippen LogP contribution in [0.1, 0.15) is 19.8 Å². The maximum atomic E-state index is 11.6. The van der Waals surface area contributed by atoms with Crippen LogP contribution in [0.5, 0.6) is 5.75 Å². The first-order chi connectivity index (χ1) is 9.11. The average molecular weight is 282 g/mol. The van der Waals surface area contributed by atoms with Crippen LogP contribution < -0.4 is 10.1 Å². The van der Waals surface area contributed by atoms with Crippen LogP contribution in [0.2, 0.25) is 5.02 Å². The van der Waals surface area contributed by atoms with Crippen LogP contribution in [0.25, 0.3) is 0 Å². The van der Waals surface area contributed by atoms with Gasteiger partial charge in [-0.2, -0.15) is 0 Å². The molecule has 1 aromatic rings. The van der Waals surface area contributed by atoms with Crippen molar-refractivity contribution in [3.8, 4) is 5.75 Å². The fourth-order valence-electron chi connectivity index (χ4n) is 1.97. The number of anilines is 1. The van der Waals surface area contributed by atoms with Gasteiger partial charge in [0.05, 0.1) is 25.0 Å². The number of ketones is 1.